The Labute approximate surface area is 186 Å². The molecule has 1 aromatic carbocycles. The van der Waals surface area contributed by atoms with E-state index in [-0.39, 0.29) is 30.3 Å². The molecule has 2 N–H and O–H groups in total. The van der Waals surface area contributed by atoms with Gasteiger partial charge in [-0.1, -0.05) is 26.0 Å². The molecule has 2 aromatic heterocycles. The van der Waals surface area contributed by atoms with Crippen molar-refractivity contribution in [3.05, 3.63) is 71.4 Å². The van der Waals surface area contributed by atoms with E-state index in [1.807, 2.05) is 43.0 Å². The van der Waals surface area contributed by atoms with Gasteiger partial charge < -0.3 is 15.3 Å². The normalized spacial score (nSPS) is 14.7. The Hall–Kier alpha value is -3.26. The standard InChI is InChI=1S/C24H28FN5O2/c1-16(2)23-19(15-28-30(23)22-5-3-4-10-26-22)24(32)27-14-17-6-7-21(20(25)13-17)29-11-8-18(31)9-12-29/h3-7,10,13,15-16,18,31H,8-9,11-12,14H2,1-2H3,(H,27,32). The van der Waals surface area contributed by atoms with Crippen LogP contribution < -0.4 is 10.2 Å². The molecule has 7 nitrogen and oxygen atoms in total. The van der Waals surface area contributed by atoms with Crippen LogP contribution in [0.25, 0.3) is 5.82 Å². The van der Waals surface area contributed by atoms with Gasteiger partial charge >= 0.3 is 0 Å². The minimum absolute atomic E-state index is 0.0556. The Kier molecular flexibility index (Phi) is 6.50. The first-order valence-corrected chi connectivity index (χ1v) is 10.9. The average Bonchev–Trinajstić information content (AvgIpc) is 3.25. The quantitative estimate of drug-likeness (QED) is 0.617. The number of anilines is 1. The first-order valence-electron chi connectivity index (χ1n) is 10.9. The number of aromatic nitrogens is 3. The van der Waals surface area contributed by atoms with Crippen molar-refractivity contribution < 1.29 is 14.3 Å². The van der Waals surface area contributed by atoms with Crippen molar-refractivity contribution >= 4 is 11.6 Å². The van der Waals surface area contributed by atoms with E-state index in [9.17, 15) is 14.3 Å². The topological polar surface area (TPSA) is 83.3 Å². The molecule has 1 amide bonds. The number of nitrogens with zero attached hydrogens (tertiary/aromatic N) is 4. The largest absolute Gasteiger partial charge is 0.393 e. The molecule has 0 atom stereocenters. The lowest BCUT2D eigenvalue weighted by molar-refractivity contribution is 0.0949. The van der Waals surface area contributed by atoms with E-state index in [1.54, 1.807) is 23.1 Å². The van der Waals surface area contributed by atoms with E-state index < -0.39 is 0 Å². The number of hydrogen-bond acceptors (Lipinski definition) is 5. The van der Waals surface area contributed by atoms with Crippen molar-refractivity contribution in [2.24, 2.45) is 0 Å². The van der Waals surface area contributed by atoms with Gasteiger partial charge in [-0.25, -0.2) is 14.1 Å². The highest BCUT2D eigenvalue weighted by Gasteiger charge is 2.22. The molecule has 1 saturated heterocycles. The van der Waals surface area contributed by atoms with Crippen LogP contribution in [0.1, 0.15) is 54.2 Å². The van der Waals surface area contributed by atoms with Gasteiger partial charge in [-0.3, -0.25) is 4.79 Å². The fourth-order valence-corrected chi connectivity index (χ4v) is 4.05. The molecular weight excluding hydrogens is 409 g/mol. The summed E-state index contributed by atoms with van der Waals surface area (Å²) in [6.07, 6.45) is 4.21. The van der Waals surface area contributed by atoms with Crippen LogP contribution in [0.15, 0.2) is 48.8 Å². The summed E-state index contributed by atoms with van der Waals surface area (Å²) < 4.78 is 16.4. The van der Waals surface area contributed by atoms with Gasteiger partial charge in [0, 0.05) is 25.8 Å². The molecule has 4 rings (SSSR count). The van der Waals surface area contributed by atoms with Gasteiger partial charge in [0.2, 0.25) is 0 Å². The number of amides is 1. The molecule has 0 radical (unpaired) electrons. The number of carbonyl (C=O) groups excluding carboxylic acids is 1. The minimum Gasteiger partial charge on any atom is -0.393 e. The van der Waals surface area contributed by atoms with Gasteiger partial charge in [0.25, 0.3) is 5.91 Å². The van der Waals surface area contributed by atoms with Crippen molar-refractivity contribution in [1.29, 1.82) is 0 Å². The Morgan fingerprint density at radius 1 is 1.25 bits per heavy atom. The minimum atomic E-state index is -0.320. The van der Waals surface area contributed by atoms with Crippen molar-refractivity contribution in [3.8, 4) is 5.82 Å². The predicted molar refractivity (Wildman–Crippen MR) is 120 cm³/mol. The van der Waals surface area contributed by atoms with Gasteiger partial charge in [0.1, 0.15) is 5.82 Å². The first kappa shape index (κ1) is 22.0. The number of rotatable bonds is 6. The lowest BCUT2D eigenvalue weighted by atomic mass is 10.0. The zero-order valence-corrected chi connectivity index (χ0v) is 18.3. The molecule has 1 fully saturated rings. The molecular formula is C24H28FN5O2. The maximum absolute atomic E-state index is 14.7. The fourth-order valence-electron chi connectivity index (χ4n) is 4.05. The third kappa shape index (κ3) is 4.65. The van der Waals surface area contributed by atoms with Crippen LogP contribution in [-0.4, -0.2) is 45.0 Å². The maximum Gasteiger partial charge on any atom is 0.255 e. The SMILES string of the molecule is CC(C)c1c(C(=O)NCc2ccc(N3CCC(O)CC3)c(F)c2)cnn1-c1ccccn1. The fraction of sp³-hybridized carbons (Fsp3) is 0.375. The number of hydrogen-bond donors (Lipinski definition) is 2. The molecule has 8 heteroatoms. The Morgan fingerprint density at radius 2 is 2.03 bits per heavy atom. The van der Waals surface area contributed by atoms with Gasteiger partial charge in [-0.2, -0.15) is 5.10 Å². The summed E-state index contributed by atoms with van der Waals surface area (Å²) in [4.78, 5) is 19.2. The highest BCUT2D eigenvalue weighted by atomic mass is 19.1. The molecule has 1 aliphatic heterocycles. The zero-order valence-electron chi connectivity index (χ0n) is 18.3. The molecule has 1 aliphatic rings. The molecule has 0 unspecified atom stereocenters. The van der Waals surface area contributed by atoms with Gasteiger partial charge in [-0.15, -0.1) is 0 Å². The van der Waals surface area contributed by atoms with E-state index in [2.05, 4.69) is 15.4 Å². The second-order valence-electron chi connectivity index (χ2n) is 8.38. The Morgan fingerprint density at radius 3 is 2.69 bits per heavy atom. The number of piperidine rings is 1. The lowest BCUT2D eigenvalue weighted by Crippen LogP contribution is -2.36. The number of nitrogens with one attached hydrogen (secondary N) is 1. The van der Waals surface area contributed by atoms with Gasteiger partial charge in [-0.05, 0) is 48.6 Å². The highest BCUT2D eigenvalue weighted by Crippen LogP contribution is 2.25. The number of benzene rings is 1. The van der Waals surface area contributed by atoms with E-state index in [4.69, 9.17) is 0 Å². The van der Waals surface area contributed by atoms with E-state index in [0.717, 1.165) is 5.69 Å². The predicted octanol–water partition coefficient (Wildman–Crippen LogP) is 3.42. The van der Waals surface area contributed by atoms with E-state index >= 15 is 0 Å². The average molecular weight is 438 g/mol. The van der Waals surface area contributed by atoms with Crippen molar-refractivity contribution in [2.75, 3.05) is 18.0 Å². The zero-order chi connectivity index (χ0) is 22.7. The summed E-state index contributed by atoms with van der Waals surface area (Å²) in [6.45, 7) is 5.47. The van der Waals surface area contributed by atoms with Crippen LogP contribution in [0.5, 0.6) is 0 Å². The molecule has 3 aromatic rings. The molecule has 3 heterocycles. The van der Waals surface area contributed by atoms with E-state index in [0.29, 0.717) is 48.6 Å². The lowest BCUT2D eigenvalue weighted by Gasteiger charge is -2.31. The Balaban J connectivity index is 1.46. The highest BCUT2D eigenvalue weighted by molar-refractivity contribution is 5.95. The summed E-state index contributed by atoms with van der Waals surface area (Å²) >= 11 is 0. The monoisotopic (exact) mass is 437 g/mol. The summed E-state index contributed by atoms with van der Waals surface area (Å²) in [6, 6.07) is 10.6. The van der Waals surface area contributed by atoms with Crippen molar-refractivity contribution in [1.82, 2.24) is 20.1 Å². The van der Waals surface area contributed by atoms with Crippen LogP contribution in [0.3, 0.4) is 0 Å². The van der Waals surface area contributed by atoms with Crippen LogP contribution >= 0.6 is 0 Å². The molecule has 0 bridgehead atoms. The molecule has 32 heavy (non-hydrogen) atoms. The molecule has 0 saturated carbocycles. The third-order valence-electron chi connectivity index (χ3n) is 5.73. The maximum atomic E-state index is 14.7. The summed E-state index contributed by atoms with van der Waals surface area (Å²) in [5, 5.41) is 16.9. The number of carbonyl (C=O) groups is 1. The van der Waals surface area contributed by atoms with Gasteiger partial charge in [0.05, 0.1) is 29.2 Å². The van der Waals surface area contributed by atoms with Gasteiger partial charge in [0.15, 0.2) is 5.82 Å². The second kappa shape index (κ2) is 9.48. The summed E-state index contributed by atoms with van der Waals surface area (Å²) in [7, 11) is 0. The molecule has 168 valence electrons. The summed E-state index contributed by atoms with van der Waals surface area (Å²) in [5.74, 6) is 0.127. The first-order chi connectivity index (χ1) is 15.4. The molecule has 0 spiro atoms. The number of pyridine rings is 1. The number of halogens is 1. The second-order valence-corrected chi connectivity index (χ2v) is 8.38. The number of aliphatic hydroxyl groups excluding tert-OH is 1. The van der Waals surface area contributed by atoms with Crippen LogP contribution in [-0.2, 0) is 6.54 Å². The van der Waals surface area contributed by atoms with Crippen molar-refractivity contribution in [2.45, 2.75) is 45.3 Å². The molecule has 0 aliphatic carbocycles. The summed E-state index contributed by atoms with van der Waals surface area (Å²) in [5.41, 5.74) is 2.47. The van der Waals surface area contributed by atoms with Crippen LogP contribution in [0, 0.1) is 5.82 Å². The van der Waals surface area contributed by atoms with Crippen LogP contribution in [0.2, 0.25) is 0 Å². The third-order valence-corrected chi connectivity index (χ3v) is 5.73. The van der Waals surface area contributed by atoms with Crippen LogP contribution in [0.4, 0.5) is 10.1 Å². The van der Waals surface area contributed by atoms with E-state index in [1.165, 1.54) is 6.07 Å². The number of aliphatic hydroxyl groups is 1. The smallest absolute Gasteiger partial charge is 0.255 e. The Bertz CT molecular complexity index is 1080. The van der Waals surface area contributed by atoms with Crippen molar-refractivity contribution in [3.63, 3.8) is 0 Å².